The molecule has 0 radical (unpaired) electrons. The molecule has 0 bridgehead atoms. The van der Waals surface area contributed by atoms with E-state index in [1.54, 1.807) is 6.07 Å². The zero-order chi connectivity index (χ0) is 28.0. The number of hydrogen-bond acceptors (Lipinski definition) is 1. The Balaban J connectivity index is 1.50. The van der Waals surface area contributed by atoms with E-state index in [0.29, 0.717) is 6.42 Å². The molecule has 0 saturated heterocycles. The molecule has 1 aliphatic rings. The predicted molar refractivity (Wildman–Crippen MR) is 177 cm³/mol. The van der Waals surface area contributed by atoms with Crippen molar-refractivity contribution in [1.82, 2.24) is 0 Å². The van der Waals surface area contributed by atoms with Crippen molar-refractivity contribution in [3.63, 3.8) is 0 Å². The average Bonchev–Trinajstić information content (AvgIpc) is 3.30. The van der Waals surface area contributed by atoms with Crippen molar-refractivity contribution in [2.24, 2.45) is 0 Å². The molecule has 1 N–H and O–H groups in total. The fourth-order valence-electron chi connectivity index (χ4n) is 6.55. The van der Waals surface area contributed by atoms with Gasteiger partial charge in [0, 0.05) is 17.4 Å². The van der Waals surface area contributed by atoms with Crippen LogP contribution in [0.1, 0.15) is 17.5 Å². The fourth-order valence-corrected chi connectivity index (χ4v) is 6.55. The molecule has 0 aromatic heterocycles. The van der Waals surface area contributed by atoms with E-state index in [1.807, 2.05) is 6.07 Å². The summed E-state index contributed by atoms with van der Waals surface area (Å²) in [6, 6.07) is 44.9. The quantitative estimate of drug-likeness (QED) is 0.177. The minimum atomic E-state index is 0.267. The van der Waals surface area contributed by atoms with Crippen molar-refractivity contribution in [3.8, 4) is 51.0 Å². The summed E-state index contributed by atoms with van der Waals surface area (Å²) < 4.78 is 0. The third kappa shape index (κ3) is 3.81. The number of benzene rings is 7. The van der Waals surface area contributed by atoms with Gasteiger partial charge < -0.3 is 5.11 Å². The zero-order valence-corrected chi connectivity index (χ0v) is 22.9. The maximum absolute atomic E-state index is 10.9. The molecular formula is C41H26O. The molecule has 196 valence electrons. The van der Waals surface area contributed by atoms with Crippen LogP contribution in [0.5, 0.6) is 5.75 Å². The second-order valence-electron chi connectivity index (χ2n) is 10.8. The van der Waals surface area contributed by atoms with E-state index < -0.39 is 0 Å². The van der Waals surface area contributed by atoms with Crippen LogP contribution in [-0.4, -0.2) is 5.11 Å². The van der Waals surface area contributed by atoms with Gasteiger partial charge in [-0.25, -0.2) is 0 Å². The van der Waals surface area contributed by atoms with Crippen LogP contribution in [0.15, 0.2) is 133 Å². The molecule has 0 fully saturated rings. The number of hydrogen-bond donors (Lipinski definition) is 1. The average molecular weight is 535 g/mol. The van der Waals surface area contributed by atoms with Gasteiger partial charge in [0.05, 0.1) is 0 Å². The van der Waals surface area contributed by atoms with Gasteiger partial charge in [0.2, 0.25) is 0 Å². The van der Waals surface area contributed by atoms with Gasteiger partial charge in [0.15, 0.2) is 0 Å². The minimum Gasteiger partial charge on any atom is -0.507 e. The molecule has 8 rings (SSSR count). The number of allylic oxidation sites excluding steroid dienone is 1. The van der Waals surface area contributed by atoms with Gasteiger partial charge in [-0.05, 0) is 84.1 Å². The second kappa shape index (κ2) is 9.81. The highest BCUT2D eigenvalue weighted by Crippen LogP contribution is 2.47. The van der Waals surface area contributed by atoms with Crippen LogP contribution < -0.4 is 0 Å². The van der Waals surface area contributed by atoms with Crippen LogP contribution in [0.25, 0.3) is 71.8 Å². The number of aromatic hydroxyl groups is 1. The first-order valence-electron chi connectivity index (χ1n) is 14.3. The Labute approximate surface area is 245 Å². The van der Waals surface area contributed by atoms with Crippen molar-refractivity contribution < 1.29 is 5.11 Å². The van der Waals surface area contributed by atoms with E-state index >= 15 is 0 Å². The lowest BCUT2D eigenvalue weighted by molar-refractivity contribution is 0.481. The van der Waals surface area contributed by atoms with Crippen molar-refractivity contribution in [2.45, 2.75) is 6.42 Å². The standard InChI is InChI=1S/C41H26O/c42-38-24-12-17-30-26-37(31-18-5-2-6-19-32(31)40(30)38)41-35-22-9-7-20-33(35)39(34-21-8-10-23-36(34)41)29-16-11-15-28(25-29)27-13-3-1-4-14-27/h1,3-5,7-18,20-26,42H,2H2. The summed E-state index contributed by atoms with van der Waals surface area (Å²) in [4.78, 5) is 0. The van der Waals surface area contributed by atoms with Gasteiger partial charge >= 0.3 is 0 Å². The highest BCUT2D eigenvalue weighted by Gasteiger charge is 2.21. The summed E-state index contributed by atoms with van der Waals surface area (Å²) in [7, 11) is 0. The maximum Gasteiger partial charge on any atom is 0.124 e. The Bertz CT molecular complexity index is 2220. The minimum absolute atomic E-state index is 0.267. The summed E-state index contributed by atoms with van der Waals surface area (Å²) in [6.07, 6.45) is 4.98. The van der Waals surface area contributed by atoms with Crippen LogP contribution in [-0.2, 0) is 0 Å². The van der Waals surface area contributed by atoms with Crippen LogP contribution in [0, 0.1) is 11.8 Å². The van der Waals surface area contributed by atoms with Crippen LogP contribution in [0.2, 0.25) is 0 Å². The van der Waals surface area contributed by atoms with Crippen molar-refractivity contribution in [1.29, 1.82) is 0 Å². The number of fused-ring (bicyclic) bond motifs is 5. The van der Waals surface area contributed by atoms with Crippen LogP contribution in [0.4, 0.5) is 0 Å². The number of phenols is 1. The van der Waals surface area contributed by atoms with Gasteiger partial charge in [0.25, 0.3) is 0 Å². The highest BCUT2D eigenvalue weighted by atomic mass is 16.3. The van der Waals surface area contributed by atoms with Gasteiger partial charge in [0.1, 0.15) is 5.75 Å². The van der Waals surface area contributed by atoms with E-state index in [-0.39, 0.29) is 5.75 Å². The van der Waals surface area contributed by atoms with E-state index in [1.165, 1.54) is 49.4 Å². The number of phenolic OH excluding ortho intramolecular Hbond substituents is 1. The predicted octanol–water partition coefficient (Wildman–Crippen LogP) is 10.6. The van der Waals surface area contributed by atoms with E-state index in [9.17, 15) is 5.11 Å². The van der Waals surface area contributed by atoms with E-state index in [4.69, 9.17) is 0 Å². The number of rotatable bonds is 3. The smallest absolute Gasteiger partial charge is 0.124 e. The molecular weight excluding hydrogens is 508 g/mol. The Kier molecular flexibility index (Phi) is 5.66. The largest absolute Gasteiger partial charge is 0.507 e. The van der Waals surface area contributed by atoms with E-state index in [0.717, 1.165) is 27.5 Å². The third-order valence-electron chi connectivity index (χ3n) is 8.36. The van der Waals surface area contributed by atoms with E-state index in [2.05, 4.69) is 139 Å². The van der Waals surface area contributed by atoms with Crippen LogP contribution >= 0.6 is 0 Å². The molecule has 0 heterocycles. The monoisotopic (exact) mass is 534 g/mol. The summed E-state index contributed by atoms with van der Waals surface area (Å²) in [5.74, 6) is 6.95. The molecule has 0 aliphatic heterocycles. The first kappa shape index (κ1) is 24.2. The summed E-state index contributed by atoms with van der Waals surface area (Å²) >= 11 is 0. The normalized spacial score (nSPS) is 12.2. The first-order chi connectivity index (χ1) is 20.8. The van der Waals surface area contributed by atoms with Gasteiger partial charge in [-0.15, -0.1) is 0 Å². The lowest BCUT2D eigenvalue weighted by Crippen LogP contribution is -1.95. The fraction of sp³-hybridized carbons (Fsp3) is 0.0244. The SMILES string of the molecule is Oc1cccc2cc(-c3c4ccccc4c(-c4cccc(-c5ccccc5)c4)c4ccccc34)c3c(c12)C#CCC=C3. The summed E-state index contributed by atoms with van der Waals surface area (Å²) in [6.45, 7) is 0. The topological polar surface area (TPSA) is 20.2 Å². The van der Waals surface area contributed by atoms with Crippen molar-refractivity contribution >= 4 is 38.4 Å². The molecule has 7 aromatic rings. The summed E-state index contributed by atoms with van der Waals surface area (Å²) in [5.41, 5.74) is 9.12. The molecule has 0 spiro atoms. The zero-order valence-electron chi connectivity index (χ0n) is 22.9. The Morgan fingerprint density at radius 2 is 1.17 bits per heavy atom. The maximum atomic E-state index is 10.9. The molecule has 0 amide bonds. The van der Waals surface area contributed by atoms with Crippen molar-refractivity contribution in [3.05, 3.63) is 145 Å². The lowest BCUT2D eigenvalue weighted by atomic mass is 9.82. The Morgan fingerprint density at radius 3 is 1.90 bits per heavy atom. The molecule has 1 heteroatoms. The van der Waals surface area contributed by atoms with Gasteiger partial charge in [-0.2, -0.15) is 0 Å². The molecule has 1 nitrogen and oxygen atoms in total. The Morgan fingerprint density at radius 1 is 0.548 bits per heavy atom. The second-order valence-corrected chi connectivity index (χ2v) is 10.8. The molecule has 42 heavy (non-hydrogen) atoms. The lowest BCUT2D eigenvalue weighted by Gasteiger charge is -2.20. The van der Waals surface area contributed by atoms with Gasteiger partial charge in [-0.3, -0.25) is 0 Å². The molecule has 7 aromatic carbocycles. The van der Waals surface area contributed by atoms with Crippen molar-refractivity contribution in [2.75, 3.05) is 0 Å². The molecule has 0 unspecified atom stereocenters. The van der Waals surface area contributed by atoms with Gasteiger partial charge in [-0.1, -0.05) is 133 Å². The summed E-state index contributed by atoms with van der Waals surface area (Å²) in [5, 5.41) is 17.5. The molecule has 1 aliphatic carbocycles. The van der Waals surface area contributed by atoms with Crippen LogP contribution in [0.3, 0.4) is 0 Å². The Hall–Kier alpha value is -5.58. The molecule has 0 saturated carbocycles. The third-order valence-corrected chi connectivity index (χ3v) is 8.36. The molecule has 0 atom stereocenters. The highest BCUT2D eigenvalue weighted by molar-refractivity contribution is 6.23. The first-order valence-corrected chi connectivity index (χ1v) is 14.3.